The van der Waals surface area contributed by atoms with Crippen molar-refractivity contribution in [2.75, 3.05) is 19.5 Å². The number of methoxy groups -OCH3 is 2. The molecule has 0 fully saturated rings. The van der Waals surface area contributed by atoms with Crippen molar-refractivity contribution in [2.24, 2.45) is 0 Å². The van der Waals surface area contributed by atoms with E-state index in [0.29, 0.717) is 22.9 Å². The van der Waals surface area contributed by atoms with Gasteiger partial charge in [0.1, 0.15) is 0 Å². The van der Waals surface area contributed by atoms with Gasteiger partial charge in [-0.1, -0.05) is 18.2 Å². The number of carbonyl (C=O) groups is 1. The number of carbonyl (C=O) groups excluding carboxylic acids is 1. The van der Waals surface area contributed by atoms with Gasteiger partial charge in [0.15, 0.2) is 23.9 Å². The molecule has 1 aromatic heterocycles. The molecule has 3 aromatic rings. The van der Waals surface area contributed by atoms with Gasteiger partial charge >= 0.3 is 0 Å². The number of hydrogen-bond donors (Lipinski definition) is 1. The van der Waals surface area contributed by atoms with E-state index in [1.165, 1.54) is 4.68 Å². The van der Waals surface area contributed by atoms with Crippen LogP contribution < -0.4 is 19.5 Å². The summed E-state index contributed by atoms with van der Waals surface area (Å²) in [7, 11) is 3.12. The zero-order valence-electron chi connectivity index (χ0n) is 16.4. The SMILES string of the molecule is COc1cccc(OC)c1OCn1ccc(C(=O)Nc2cccc(C)c2C)n1. The Labute approximate surface area is 163 Å². The number of rotatable bonds is 7. The lowest BCUT2D eigenvalue weighted by Crippen LogP contribution is -2.15. The number of para-hydroxylation sites is 1. The lowest BCUT2D eigenvalue weighted by atomic mass is 10.1. The molecule has 0 saturated heterocycles. The summed E-state index contributed by atoms with van der Waals surface area (Å²) in [4.78, 5) is 12.5. The summed E-state index contributed by atoms with van der Waals surface area (Å²) in [5, 5.41) is 7.18. The van der Waals surface area contributed by atoms with E-state index in [9.17, 15) is 4.79 Å². The molecular formula is C21H23N3O4. The Bertz CT molecular complexity index is 959. The minimum atomic E-state index is -0.276. The molecule has 1 heterocycles. The molecule has 7 heteroatoms. The molecule has 0 aliphatic rings. The molecule has 28 heavy (non-hydrogen) atoms. The van der Waals surface area contributed by atoms with Crippen LogP contribution in [-0.2, 0) is 6.73 Å². The lowest BCUT2D eigenvalue weighted by molar-refractivity contribution is 0.102. The van der Waals surface area contributed by atoms with E-state index in [2.05, 4.69) is 10.4 Å². The van der Waals surface area contributed by atoms with Gasteiger partial charge in [-0.2, -0.15) is 5.10 Å². The zero-order chi connectivity index (χ0) is 20.1. The van der Waals surface area contributed by atoms with Crippen LogP contribution >= 0.6 is 0 Å². The third kappa shape index (κ3) is 4.09. The van der Waals surface area contributed by atoms with Gasteiger partial charge in [0.25, 0.3) is 5.91 Å². The van der Waals surface area contributed by atoms with Gasteiger partial charge in [0, 0.05) is 11.9 Å². The largest absolute Gasteiger partial charge is 0.493 e. The van der Waals surface area contributed by atoms with Crippen molar-refractivity contribution < 1.29 is 19.0 Å². The van der Waals surface area contributed by atoms with E-state index in [1.54, 1.807) is 38.6 Å². The average molecular weight is 381 g/mol. The zero-order valence-corrected chi connectivity index (χ0v) is 16.4. The van der Waals surface area contributed by atoms with Crippen molar-refractivity contribution in [2.45, 2.75) is 20.6 Å². The molecule has 0 saturated carbocycles. The molecule has 0 radical (unpaired) electrons. The number of amides is 1. The number of nitrogens with one attached hydrogen (secondary N) is 1. The number of nitrogens with zero attached hydrogens (tertiary/aromatic N) is 2. The lowest BCUT2D eigenvalue weighted by Gasteiger charge is -2.14. The van der Waals surface area contributed by atoms with Crippen LogP contribution in [0, 0.1) is 13.8 Å². The summed E-state index contributed by atoms with van der Waals surface area (Å²) in [6.45, 7) is 4.08. The molecule has 146 valence electrons. The number of ether oxygens (including phenoxy) is 3. The van der Waals surface area contributed by atoms with Crippen molar-refractivity contribution >= 4 is 11.6 Å². The van der Waals surface area contributed by atoms with Crippen LogP contribution in [0.5, 0.6) is 17.2 Å². The molecule has 0 unspecified atom stereocenters. The number of aromatic nitrogens is 2. The van der Waals surface area contributed by atoms with E-state index < -0.39 is 0 Å². The third-order valence-electron chi connectivity index (χ3n) is 4.45. The van der Waals surface area contributed by atoms with Crippen LogP contribution in [-0.4, -0.2) is 29.9 Å². The molecule has 1 N–H and O–H groups in total. The molecular weight excluding hydrogens is 358 g/mol. The molecule has 0 spiro atoms. The molecule has 7 nitrogen and oxygen atoms in total. The molecule has 0 atom stereocenters. The normalized spacial score (nSPS) is 10.4. The van der Waals surface area contributed by atoms with Gasteiger partial charge in [-0.05, 0) is 49.2 Å². The van der Waals surface area contributed by atoms with E-state index in [1.807, 2.05) is 38.1 Å². The van der Waals surface area contributed by atoms with Gasteiger partial charge in [0.2, 0.25) is 5.75 Å². The van der Waals surface area contributed by atoms with Gasteiger partial charge in [-0.3, -0.25) is 4.79 Å². The minimum Gasteiger partial charge on any atom is -0.493 e. The van der Waals surface area contributed by atoms with Crippen LogP contribution in [0.1, 0.15) is 21.6 Å². The molecule has 2 aromatic carbocycles. The highest BCUT2D eigenvalue weighted by Crippen LogP contribution is 2.36. The first-order chi connectivity index (χ1) is 13.5. The summed E-state index contributed by atoms with van der Waals surface area (Å²) >= 11 is 0. The van der Waals surface area contributed by atoms with Crippen LogP contribution in [0.2, 0.25) is 0 Å². The maximum atomic E-state index is 12.5. The van der Waals surface area contributed by atoms with Crippen LogP contribution in [0.3, 0.4) is 0 Å². The summed E-state index contributed by atoms with van der Waals surface area (Å²) in [5.74, 6) is 1.31. The molecule has 3 rings (SSSR count). The molecule has 1 amide bonds. The van der Waals surface area contributed by atoms with Crippen LogP contribution in [0.25, 0.3) is 0 Å². The topological polar surface area (TPSA) is 74.6 Å². The van der Waals surface area contributed by atoms with Crippen molar-refractivity contribution in [1.82, 2.24) is 9.78 Å². The van der Waals surface area contributed by atoms with E-state index >= 15 is 0 Å². The average Bonchev–Trinajstić information content (AvgIpc) is 3.18. The maximum absolute atomic E-state index is 12.5. The summed E-state index contributed by atoms with van der Waals surface area (Å²) in [5.41, 5.74) is 3.22. The van der Waals surface area contributed by atoms with E-state index in [0.717, 1.165) is 16.8 Å². The fraction of sp³-hybridized carbons (Fsp3) is 0.238. The second-order valence-corrected chi connectivity index (χ2v) is 6.21. The number of aryl methyl sites for hydroxylation is 1. The third-order valence-corrected chi connectivity index (χ3v) is 4.45. The van der Waals surface area contributed by atoms with E-state index in [4.69, 9.17) is 14.2 Å². The Morgan fingerprint density at radius 1 is 1.04 bits per heavy atom. The highest BCUT2D eigenvalue weighted by molar-refractivity contribution is 6.03. The van der Waals surface area contributed by atoms with Crippen molar-refractivity contribution in [3.8, 4) is 17.2 Å². The first-order valence-corrected chi connectivity index (χ1v) is 8.78. The monoisotopic (exact) mass is 381 g/mol. The number of hydrogen-bond acceptors (Lipinski definition) is 5. The quantitative estimate of drug-likeness (QED) is 0.674. The Morgan fingerprint density at radius 3 is 2.39 bits per heavy atom. The van der Waals surface area contributed by atoms with Gasteiger partial charge in [-0.15, -0.1) is 0 Å². The van der Waals surface area contributed by atoms with Crippen LogP contribution in [0.4, 0.5) is 5.69 Å². The Morgan fingerprint density at radius 2 is 1.71 bits per heavy atom. The fourth-order valence-corrected chi connectivity index (χ4v) is 2.72. The number of benzene rings is 2. The molecule has 0 aliphatic carbocycles. The summed E-state index contributed by atoms with van der Waals surface area (Å²) < 4.78 is 17.9. The van der Waals surface area contributed by atoms with Gasteiger partial charge in [0.05, 0.1) is 14.2 Å². The summed E-state index contributed by atoms with van der Waals surface area (Å²) in [6.07, 6.45) is 1.68. The standard InChI is InChI=1S/C21H23N3O4/c1-14-7-5-8-16(15(14)2)22-21(25)17-11-12-24(23-17)13-28-20-18(26-3)9-6-10-19(20)27-4/h5-12H,13H2,1-4H3,(H,22,25). The second-order valence-electron chi connectivity index (χ2n) is 6.21. The van der Waals surface area contributed by atoms with Gasteiger partial charge < -0.3 is 19.5 Å². The Balaban J connectivity index is 1.69. The highest BCUT2D eigenvalue weighted by Gasteiger charge is 2.14. The Kier molecular flexibility index (Phi) is 5.84. The number of anilines is 1. The van der Waals surface area contributed by atoms with Crippen molar-refractivity contribution in [3.05, 3.63) is 65.5 Å². The predicted octanol–water partition coefficient (Wildman–Crippen LogP) is 3.81. The Hall–Kier alpha value is -3.48. The second kappa shape index (κ2) is 8.47. The first-order valence-electron chi connectivity index (χ1n) is 8.78. The minimum absolute atomic E-state index is 0.105. The van der Waals surface area contributed by atoms with Crippen LogP contribution in [0.15, 0.2) is 48.7 Å². The van der Waals surface area contributed by atoms with Crippen molar-refractivity contribution in [3.63, 3.8) is 0 Å². The maximum Gasteiger partial charge on any atom is 0.276 e. The highest BCUT2D eigenvalue weighted by atomic mass is 16.5. The first kappa shape index (κ1) is 19.3. The van der Waals surface area contributed by atoms with Crippen molar-refractivity contribution in [1.29, 1.82) is 0 Å². The fourth-order valence-electron chi connectivity index (χ4n) is 2.72. The van der Waals surface area contributed by atoms with Gasteiger partial charge in [-0.25, -0.2) is 4.68 Å². The molecule has 0 aliphatic heterocycles. The smallest absolute Gasteiger partial charge is 0.276 e. The van der Waals surface area contributed by atoms with E-state index in [-0.39, 0.29) is 12.6 Å². The predicted molar refractivity (Wildman–Crippen MR) is 106 cm³/mol. The summed E-state index contributed by atoms with van der Waals surface area (Å²) in [6, 6.07) is 12.8. The molecule has 0 bridgehead atoms.